The standard InChI is InChI=1S/C23H30N4OS/c1-18-16-21(11-12-24-18)27-15-14-26(29-27)13-5-3-2-4-6-19-7-9-22-20(17-19)8-10-23(22)25-28/h7,9,11-12,16-17,28H,2-6,8,10,13-15H2,1H3/b25-23+. The van der Waals surface area contributed by atoms with E-state index in [-0.39, 0.29) is 0 Å². The van der Waals surface area contributed by atoms with Crippen molar-refractivity contribution < 1.29 is 5.21 Å². The van der Waals surface area contributed by atoms with E-state index in [0.717, 1.165) is 55.9 Å². The Labute approximate surface area is 178 Å². The van der Waals surface area contributed by atoms with E-state index in [1.54, 1.807) is 0 Å². The molecule has 1 N–H and O–H groups in total. The largest absolute Gasteiger partial charge is 0.411 e. The van der Waals surface area contributed by atoms with Gasteiger partial charge in [0.05, 0.1) is 11.4 Å². The zero-order valence-corrected chi connectivity index (χ0v) is 18.0. The lowest BCUT2D eigenvalue weighted by Gasteiger charge is -2.18. The number of anilines is 1. The maximum atomic E-state index is 9.05. The molecule has 1 aromatic carbocycles. The van der Waals surface area contributed by atoms with Gasteiger partial charge >= 0.3 is 0 Å². The normalized spacial score (nSPS) is 18.0. The van der Waals surface area contributed by atoms with Crippen LogP contribution in [0.1, 0.15) is 54.5 Å². The maximum Gasteiger partial charge on any atom is 0.0873 e. The number of fused-ring (bicyclic) bond motifs is 1. The third-order valence-electron chi connectivity index (χ3n) is 5.79. The third-order valence-corrected chi connectivity index (χ3v) is 6.98. The van der Waals surface area contributed by atoms with Gasteiger partial charge in [0, 0.05) is 49.2 Å². The van der Waals surface area contributed by atoms with E-state index < -0.39 is 0 Å². The fourth-order valence-electron chi connectivity index (χ4n) is 4.19. The molecule has 0 spiro atoms. The van der Waals surface area contributed by atoms with Crippen molar-refractivity contribution in [1.82, 2.24) is 9.29 Å². The Hall–Kier alpha value is -2.05. The number of hydrogen-bond donors (Lipinski definition) is 1. The second kappa shape index (κ2) is 9.63. The molecular weight excluding hydrogens is 380 g/mol. The molecule has 1 aliphatic carbocycles. The minimum absolute atomic E-state index is 0.837. The van der Waals surface area contributed by atoms with E-state index in [1.165, 1.54) is 42.5 Å². The summed E-state index contributed by atoms with van der Waals surface area (Å²) in [7, 11) is 0. The van der Waals surface area contributed by atoms with Gasteiger partial charge in [-0.2, -0.15) is 0 Å². The Balaban J connectivity index is 1.13. The van der Waals surface area contributed by atoms with Crippen LogP contribution in [0.15, 0.2) is 41.7 Å². The van der Waals surface area contributed by atoms with Crippen LogP contribution in [0.2, 0.25) is 0 Å². The van der Waals surface area contributed by atoms with Crippen LogP contribution in [0.25, 0.3) is 0 Å². The highest BCUT2D eigenvalue weighted by Gasteiger charge is 2.21. The van der Waals surface area contributed by atoms with Gasteiger partial charge in [0.1, 0.15) is 0 Å². The topological polar surface area (TPSA) is 52.0 Å². The van der Waals surface area contributed by atoms with Gasteiger partial charge < -0.3 is 9.51 Å². The molecule has 0 unspecified atom stereocenters. The van der Waals surface area contributed by atoms with Gasteiger partial charge in [0.15, 0.2) is 0 Å². The highest BCUT2D eigenvalue weighted by molar-refractivity contribution is 7.98. The Bertz CT molecular complexity index is 870. The van der Waals surface area contributed by atoms with Crippen molar-refractivity contribution in [3.63, 3.8) is 0 Å². The number of hydrogen-bond acceptors (Lipinski definition) is 6. The van der Waals surface area contributed by atoms with Gasteiger partial charge in [-0.25, -0.2) is 4.31 Å². The predicted octanol–water partition coefficient (Wildman–Crippen LogP) is 5.00. The average Bonchev–Trinajstić information content (AvgIpc) is 3.37. The highest BCUT2D eigenvalue weighted by atomic mass is 32.2. The molecule has 2 aromatic rings. The van der Waals surface area contributed by atoms with Crippen LogP contribution in [0, 0.1) is 6.92 Å². The van der Waals surface area contributed by atoms with Gasteiger partial charge in [0.2, 0.25) is 0 Å². The lowest BCUT2D eigenvalue weighted by atomic mass is 10.0. The summed E-state index contributed by atoms with van der Waals surface area (Å²) < 4.78 is 4.85. The molecule has 4 rings (SSSR count). The lowest BCUT2D eigenvalue weighted by molar-refractivity contribution is 0.318. The molecule has 1 saturated heterocycles. The number of nitrogens with zero attached hydrogens (tertiary/aromatic N) is 4. The summed E-state index contributed by atoms with van der Waals surface area (Å²) in [4.78, 5) is 4.29. The number of benzene rings is 1. The first kappa shape index (κ1) is 20.2. The number of aromatic nitrogens is 1. The predicted molar refractivity (Wildman–Crippen MR) is 121 cm³/mol. The Morgan fingerprint density at radius 3 is 2.83 bits per heavy atom. The minimum atomic E-state index is 0.837. The molecular formula is C23H30N4OS. The molecule has 2 aliphatic rings. The maximum absolute atomic E-state index is 9.05. The van der Waals surface area contributed by atoms with Crippen LogP contribution in [-0.2, 0) is 12.8 Å². The zero-order valence-electron chi connectivity index (χ0n) is 17.2. The van der Waals surface area contributed by atoms with Crippen LogP contribution >= 0.6 is 12.1 Å². The molecule has 6 heteroatoms. The van der Waals surface area contributed by atoms with Crippen molar-refractivity contribution in [2.24, 2.45) is 5.16 Å². The first-order valence-electron chi connectivity index (χ1n) is 10.7. The van der Waals surface area contributed by atoms with E-state index in [0.29, 0.717) is 0 Å². The van der Waals surface area contributed by atoms with Crippen molar-refractivity contribution in [1.29, 1.82) is 0 Å². The quantitative estimate of drug-likeness (QED) is 0.287. The highest BCUT2D eigenvalue weighted by Crippen LogP contribution is 2.30. The smallest absolute Gasteiger partial charge is 0.0873 e. The van der Waals surface area contributed by atoms with Crippen molar-refractivity contribution in [2.75, 3.05) is 23.9 Å². The van der Waals surface area contributed by atoms with E-state index in [1.807, 2.05) is 25.3 Å². The summed E-state index contributed by atoms with van der Waals surface area (Å²) in [6.45, 7) is 5.41. The molecule has 1 fully saturated rings. The van der Waals surface area contributed by atoms with E-state index in [4.69, 9.17) is 5.21 Å². The number of pyridine rings is 1. The molecule has 29 heavy (non-hydrogen) atoms. The molecule has 0 bridgehead atoms. The molecule has 0 radical (unpaired) electrons. The van der Waals surface area contributed by atoms with Crippen LogP contribution in [-0.4, -0.2) is 39.8 Å². The number of unbranched alkanes of at least 4 members (excludes halogenated alkanes) is 3. The molecule has 0 saturated carbocycles. The van der Waals surface area contributed by atoms with E-state index >= 15 is 0 Å². The molecule has 1 aliphatic heterocycles. The fourth-order valence-corrected chi connectivity index (χ4v) is 5.22. The molecule has 2 heterocycles. The first-order valence-corrected chi connectivity index (χ1v) is 11.4. The number of oxime groups is 1. The van der Waals surface area contributed by atoms with Crippen LogP contribution in [0.3, 0.4) is 0 Å². The number of aryl methyl sites for hydroxylation is 3. The summed E-state index contributed by atoms with van der Waals surface area (Å²) in [5.74, 6) is 0. The second-order valence-electron chi connectivity index (χ2n) is 7.97. The van der Waals surface area contributed by atoms with Gasteiger partial charge in [-0.15, -0.1) is 0 Å². The van der Waals surface area contributed by atoms with Crippen molar-refractivity contribution in [3.05, 3.63) is 58.9 Å². The zero-order chi connectivity index (χ0) is 20.1. The van der Waals surface area contributed by atoms with Crippen molar-refractivity contribution >= 4 is 23.5 Å². The summed E-state index contributed by atoms with van der Waals surface area (Å²) >= 11 is 1.86. The summed E-state index contributed by atoms with van der Waals surface area (Å²) in [6, 6.07) is 10.9. The second-order valence-corrected chi connectivity index (χ2v) is 9.09. The number of rotatable bonds is 8. The van der Waals surface area contributed by atoms with Crippen molar-refractivity contribution in [3.8, 4) is 0 Å². The van der Waals surface area contributed by atoms with E-state index in [2.05, 4.69) is 49.1 Å². The molecule has 1 aromatic heterocycles. The minimum Gasteiger partial charge on any atom is -0.411 e. The summed E-state index contributed by atoms with van der Waals surface area (Å²) in [5, 5.41) is 12.5. The summed E-state index contributed by atoms with van der Waals surface area (Å²) in [5.41, 5.74) is 7.07. The van der Waals surface area contributed by atoms with E-state index in [9.17, 15) is 0 Å². The van der Waals surface area contributed by atoms with Crippen LogP contribution in [0.4, 0.5) is 5.69 Å². The van der Waals surface area contributed by atoms with Gasteiger partial charge in [-0.3, -0.25) is 4.98 Å². The fraction of sp³-hybridized carbons (Fsp3) is 0.478. The monoisotopic (exact) mass is 410 g/mol. The van der Waals surface area contributed by atoms with Crippen LogP contribution in [0.5, 0.6) is 0 Å². The Kier molecular flexibility index (Phi) is 6.72. The van der Waals surface area contributed by atoms with Crippen molar-refractivity contribution in [2.45, 2.75) is 51.9 Å². The molecule has 0 amide bonds. The third kappa shape index (κ3) is 5.11. The first-order chi connectivity index (χ1) is 14.2. The molecule has 154 valence electrons. The van der Waals surface area contributed by atoms with Gasteiger partial charge in [0.25, 0.3) is 0 Å². The van der Waals surface area contributed by atoms with Gasteiger partial charge in [-0.05, 0) is 62.3 Å². The molecule has 5 nitrogen and oxygen atoms in total. The average molecular weight is 411 g/mol. The lowest BCUT2D eigenvalue weighted by Crippen LogP contribution is -2.13. The SMILES string of the molecule is Cc1cc(N2CCN(CCCCCCc3ccc4c(c3)CC/C4=N\O)S2)ccn1. The van der Waals surface area contributed by atoms with Gasteiger partial charge in [-0.1, -0.05) is 36.2 Å². The Morgan fingerprint density at radius 2 is 1.97 bits per heavy atom. The molecule has 0 atom stereocenters. The summed E-state index contributed by atoms with van der Waals surface area (Å²) in [6.07, 6.45) is 9.99. The Morgan fingerprint density at radius 1 is 1.07 bits per heavy atom. The van der Waals surface area contributed by atoms with Crippen LogP contribution < -0.4 is 4.31 Å².